The van der Waals surface area contributed by atoms with E-state index in [-0.39, 0.29) is 16.5 Å². The van der Waals surface area contributed by atoms with E-state index in [4.69, 9.17) is 9.15 Å². The summed E-state index contributed by atoms with van der Waals surface area (Å²) in [7, 11) is 0.663. The van der Waals surface area contributed by atoms with Crippen LogP contribution in [-0.2, 0) is 10.0 Å². The molecule has 25 heavy (non-hydrogen) atoms. The van der Waals surface area contributed by atoms with Crippen LogP contribution in [0.1, 0.15) is 0 Å². The Balaban J connectivity index is 2.06. The molecule has 3 rings (SSSR count). The van der Waals surface area contributed by atoms with Gasteiger partial charge in [-0.1, -0.05) is 18.2 Å². The lowest BCUT2D eigenvalue weighted by atomic mass is 10.2. The Hall–Kier alpha value is -2.71. The first-order chi connectivity index (χ1) is 11.9. The molecule has 0 saturated heterocycles. The number of methoxy groups -OCH3 is 1. The predicted octanol–water partition coefficient (Wildman–Crippen LogP) is 2.66. The molecule has 0 spiro atoms. The fourth-order valence-corrected chi connectivity index (χ4v) is 3.32. The van der Waals surface area contributed by atoms with E-state index in [2.05, 4.69) is 10.2 Å². The fourth-order valence-electron chi connectivity index (χ4n) is 2.25. The standard InChI is InChI=1S/C17H17N3O4S/c1-20(2)25(21,22)15-11-13(9-10-14(15)23-3)17-19-18-16(24-17)12-7-5-4-6-8-12/h4-11H,1-3H3. The van der Waals surface area contributed by atoms with Gasteiger partial charge < -0.3 is 9.15 Å². The number of ether oxygens (including phenoxy) is 1. The molecule has 8 heteroatoms. The molecular weight excluding hydrogens is 342 g/mol. The van der Waals surface area contributed by atoms with Crippen molar-refractivity contribution in [1.82, 2.24) is 14.5 Å². The van der Waals surface area contributed by atoms with Crippen molar-refractivity contribution in [3.8, 4) is 28.7 Å². The van der Waals surface area contributed by atoms with Gasteiger partial charge in [0.25, 0.3) is 0 Å². The average molecular weight is 359 g/mol. The van der Waals surface area contributed by atoms with Gasteiger partial charge in [0.15, 0.2) is 0 Å². The lowest BCUT2D eigenvalue weighted by Crippen LogP contribution is -2.22. The van der Waals surface area contributed by atoms with Crippen molar-refractivity contribution in [1.29, 1.82) is 0 Å². The summed E-state index contributed by atoms with van der Waals surface area (Å²) in [6.07, 6.45) is 0. The van der Waals surface area contributed by atoms with E-state index in [0.717, 1.165) is 9.87 Å². The number of rotatable bonds is 5. The molecule has 0 aliphatic rings. The topological polar surface area (TPSA) is 85.5 Å². The van der Waals surface area contributed by atoms with Crippen LogP contribution in [0.4, 0.5) is 0 Å². The van der Waals surface area contributed by atoms with Crippen LogP contribution in [0.25, 0.3) is 22.9 Å². The summed E-state index contributed by atoms with van der Waals surface area (Å²) in [5.74, 6) is 0.848. The summed E-state index contributed by atoms with van der Waals surface area (Å²) in [4.78, 5) is 0.0389. The first-order valence-electron chi connectivity index (χ1n) is 7.43. The van der Waals surface area contributed by atoms with Crippen LogP contribution in [0.3, 0.4) is 0 Å². The molecule has 2 aromatic carbocycles. The molecule has 1 heterocycles. The van der Waals surface area contributed by atoms with Gasteiger partial charge in [-0.25, -0.2) is 12.7 Å². The molecule has 130 valence electrons. The third-order valence-electron chi connectivity index (χ3n) is 3.61. The van der Waals surface area contributed by atoms with Crippen molar-refractivity contribution in [2.45, 2.75) is 4.90 Å². The fraction of sp³-hybridized carbons (Fsp3) is 0.176. The summed E-state index contributed by atoms with van der Waals surface area (Å²) >= 11 is 0. The molecule has 0 saturated carbocycles. The molecule has 0 aliphatic heterocycles. The minimum Gasteiger partial charge on any atom is -0.495 e. The highest BCUT2D eigenvalue weighted by atomic mass is 32.2. The van der Waals surface area contributed by atoms with Crippen LogP contribution < -0.4 is 4.74 Å². The zero-order valence-corrected chi connectivity index (χ0v) is 14.8. The number of nitrogens with zero attached hydrogens (tertiary/aromatic N) is 3. The van der Waals surface area contributed by atoms with Crippen molar-refractivity contribution < 1.29 is 17.6 Å². The molecule has 0 aliphatic carbocycles. The monoisotopic (exact) mass is 359 g/mol. The second-order valence-corrected chi connectivity index (χ2v) is 7.55. The van der Waals surface area contributed by atoms with Crippen molar-refractivity contribution in [3.63, 3.8) is 0 Å². The third-order valence-corrected chi connectivity index (χ3v) is 5.45. The molecule has 0 fully saturated rings. The van der Waals surface area contributed by atoms with Crippen LogP contribution in [-0.4, -0.2) is 44.1 Å². The quantitative estimate of drug-likeness (QED) is 0.696. The van der Waals surface area contributed by atoms with Crippen LogP contribution in [0, 0.1) is 0 Å². The first-order valence-corrected chi connectivity index (χ1v) is 8.87. The Morgan fingerprint density at radius 2 is 1.60 bits per heavy atom. The largest absolute Gasteiger partial charge is 0.495 e. The summed E-state index contributed by atoms with van der Waals surface area (Å²) in [6, 6.07) is 14.1. The predicted molar refractivity (Wildman–Crippen MR) is 92.6 cm³/mol. The Labute approximate surface area is 145 Å². The number of hydrogen-bond donors (Lipinski definition) is 0. The van der Waals surface area contributed by atoms with E-state index in [9.17, 15) is 8.42 Å². The highest BCUT2D eigenvalue weighted by Crippen LogP contribution is 2.31. The van der Waals surface area contributed by atoms with Crippen LogP contribution in [0.15, 0.2) is 57.8 Å². The molecule has 1 aromatic heterocycles. The third kappa shape index (κ3) is 3.26. The van der Waals surface area contributed by atoms with Crippen molar-refractivity contribution >= 4 is 10.0 Å². The van der Waals surface area contributed by atoms with Gasteiger partial charge in [-0.2, -0.15) is 0 Å². The molecule has 0 N–H and O–H groups in total. The maximum Gasteiger partial charge on any atom is 0.248 e. The van der Waals surface area contributed by atoms with E-state index in [1.54, 1.807) is 12.1 Å². The normalized spacial score (nSPS) is 11.7. The van der Waals surface area contributed by atoms with Crippen molar-refractivity contribution in [2.24, 2.45) is 0 Å². The smallest absolute Gasteiger partial charge is 0.248 e. The highest BCUT2D eigenvalue weighted by molar-refractivity contribution is 7.89. The summed E-state index contributed by atoms with van der Waals surface area (Å²) in [6.45, 7) is 0. The van der Waals surface area contributed by atoms with Gasteiger partial charge in [0.1, 0.15) is 10.6 Å². The van der Waals surface area contributed by atoms with Gasteiger partial charge >= 0.3 is 0 Å². The SMILES string of the molecule is COc1ccc(-c2nnc(-c3ccccc3)o2)cc1S(=O)(=O)N(C)C. The van der Waals surface area contributed by atoms with Gasteiger partial charge in [0, 0.05) is 25.2 Å². The molecule has 3 aromatic rings. The number of aromatic nitrogens is 2. The number of benzene rings is 2. The number of sulfonamides is 1. The Morgan fingerprint density at radius 3 is 2.20 bits per heavy atom. The minimum atomic E-state index is -3.68. The zero-order chi connectivity index (χ0) is 18.0. The van der Waals surface area contributed by atoms with E-state index < -0.39 is 10.0 Å². The van der Waals surface area contributed by atoms with Gasteiger partial charge in [-0.05, 0) is 30.3 Å². The molecular formula is C17H17N3O4S. The maximum absolute atomic E-state index is 12.5. The summed E-state index contributed by atoms with van der Waals surface area (Å²) in [5, 5.41) is 8.05. The molecule has 0 amide bonds. The summed E-state index contributed by atoms with van der Waals surface area (Å²) in [5.41, 5.74) is 1.28. The van der Waals surface area contributed by atoms with Gasteiger partial charge in [-0.15, -0.1) is 10.2 Å². The van der Waals surface area contributed by atoms with Crippen molar-refractivity contribution in [2.75, 3.05) is 21.2 Å². The van der Waals surface area contributed by atoms with Crippen LogP contribution in [0.2, 0.25) is 0 Å². The number of hydrogen-bond acceptors (Lipinski definition) is 6. The maximum atomic E-state index is 12.5. The molecule has 7 nitrogen and oxygen atoms in total. The minimum absolute atomic E-state index is 0.0389. The Kier molecular flexibility index (Phi) is 4.56. The molecule has 0 radical (unpaired) electrons. The second-order valence-electron chi connectivity index (χ2n) is 5.43. The highest BCUT2D eigenvalue weighted by Gasteiger charge is 2.24. The van der Waals surface area contributed by atoms with E-state index in [1.165, 1.54) is 27.3 Å². The van der Waals surface area contributed by atoms with Gasteiger partial charge in [0.05, 0.1) is 7.11 Å². The molecule has 0 bridgehead atoms. The Morgan fingerprint density at radius 1 is 0.960 bits per heavy atom. The van der Waals surface area contributed by atoms with Crippen LogP contribution in [0.5, 0.6) is 5.75 Å². The molecule has 0 atom stereocenters. The van der Waals surface area contributed by atoms with Crippen LogP contribution >= 0.6 is 0 Å². The van der Waals surface area contributed by atoms with Gasteiger partial charge in [0.2, 0.25) is 21.8 Å². The zero-order valence-electron chi connectivity index (χ0n) is 14.0. The lowest BCUT2D eigenvalue weighted by Gasteiger charge is -2.14. The second kappa shape index (κ2) is 6.66. The summed E-state index contributed by atoms with van der Waals surface area (Å²) < 4.78 is 37.0. The Bertz CT molecular complexity index is 982. The van der Waals surface area contributed by atoms with E-state index >= 15 is 0 Å². The van der Waals surface area contributed by atoms with Crippen molar-refractivity contribution in [3.05, 3.63) is 48.5 Å². The average Bonchev–Trinajstić information content (AvgIpc) is 3.12. The lowest BCUT2D eigenvalue weighted by molar-refractivity contribution is 0.400. The molecule has 0 unspecified atom stereocenters. The van der Waals surface area contributed by atoms with Gasteiger partial charge in [-0.3, -0.25) is 0 Å². The van der Waals surface area contributed by atoms with E-state index in [0.29, 0.717) is 11.5 Å². The first kappa shape index (κ1) is 17.1. The van der Waals surface area contributed by atoms with E-state index in [1.807, 2.05) is 30.3 Å².